The van der Waals surface area contributed by atoms with Crippen LogP contribution in [-0.2, 0) is 18.3 Å². The summed E-state index contributed by atoms with van der Waals surface area (Å²) in [6.45, 7) is 6.63. The van der Waals surface area contributed by atoms with Crippen molar-refractivity contribution in [3.8, 4) is 0 Å². The Hall–Kier alpha value is -0.980. The lowest BCUT2D eigenvalue weighted by molar-refractivity contribution is 0.0192. The summed E-state index contributed by atoms with van der Waals surface area (Å²) in [5.74, 6) is 1.47. The Morgan fingerprint density at radius 1 is 1.38 bits per heavy atom. The van der Waals surface area contributed by atoms with Crippen LogP contribution in [0.5, 0.6) is 0 Å². The van der Waals surface area contributed by atoms with Crippen molar-refractivity contribution in [2.75, 3.05) is 19.8 Å². The maximum atomic E-state index is 9.88. The second-order valence-electron chi connectivity index (χ2n) is 5.60. The molecular weight excluding hydrogens is 268 g/mol. The molecule has 1 heterocycles. The number of aryl methyl sites for hydroxylation is 1. The number of hydrogen-bond acceptors (Lipinski definition) is 5. The average Bonchev–Trinajstić information content (AvgIpc) is 2.88. The highest BCUT2D eigenvalue weighted by atomic mass is 16.5. The molecule has 0 aliphatic carbocycles. The fourth-order valence-corrected chi connectivity index (χ4v) is 2.15. The second kappa shape index (κ2) is 10.7. The average molecular weight is 298 g/mol. The zero-order valence-corrected chi connectivity index (χ0v) is 13.6. The number of aliphatic hydroxyl groups is 1. The molecular formula is C15H30N4O2. The van der Waals surface area contributed by atoms with Crippen LogP contribution in [0.15, 0.2) is 6.33 Å². The number of ether oxygens (including phenoxy) is 1. The molecule has 1 aromatic rings. The first-order chi connectivity index (χ1) is 10.2. The summed E-state index contributed by atoms with van der Waals surface area (Å²) in [6, 6.07) is 0. The van der Waals surface area contributed by atoms with Crippen LogP contribution in [0.3, 0.4) is 0 Å². The van der Waals surface area contributed by atoms with Crippen molar-refractivity contribution in [2.45, 2.75) is 52.2 Å². The minimum absolute atomic E-state index is 0.383. The van der Waals surface area contributed by atoms with Gasteiger partial charge in [-0.05, 0) is 12.3 Å². The first kappa shape index (κ1) is 18.1. The quantitative estimate of drug-likeness (QED) is 0.612. The molecule has 21 heavy (non-hydrogen) atoms. The van der Waals surface area contributed by atoms with Crippen LogP contribution in [0.2, 0.25) is 0 Å². The summed E-state index contributed by atoms with van der Waals surface area (Å²) in [6.07, 6.45) is 6.02. The lowest BCUT2D eigenvalue weighted by Crippen LogP contribution is -2.31. The summed E-state index contributed by atoms with van der Waals surface area (Å²) in [7, 11) is 1.90. The van der Waals surface area contributed by atoms with Crippen LogP contribution in [0.4, 0.5) is 0 Å². The van der Waals surface area contributed by atoms with E-state index < -0.39 is 6.10 Å². The second-order valence-corrected chi connectivity index (χ2v) is 5.60. The molecule has 0 aliphatic heterocycles. The molecule has 0 aliphatic rings. The third kappa shape index (κ3) is 7.55. The zero-order valence-electron chi connectivity index (χ0n) is 13.6. The summed E-state index contributed by atoms with van der Waals surface area (Å²) < 4.78 is 7.49. The van der Waals surface area contributed by atoms with Gasteiger partial charge in [-0.15, -0.1) is 10.2 Å². The van der Waals surface area contributed by atoms with Gasteiger partial charge < -0.3 is 19.7 Å². The minimum Gasteiger partial charge on any atom is -0.389 e. The summed E-state index contributed by atoms with van der Waals surface area (Å²) in [5, 5.41) is 20.8. The van der Waals surface area contributed by atoms with Crippen LogP contribution >= 0.6 is 0 Å². The highest BCUT2D eigenvalue weighted by Crippen LogP contribution is 2.12. The van der Waals surface area contributed by atoms with Crippen molar-refractivity contribution < 1.29 is 9.84 Å². The fourth-order valence-electron chi connectivity index (χ4n) is 2.15. The van der Waals surface area contributed by atoms with Gasteiger partial charge in [0.25, 0.3) is 0 Å². The van der Waals surface area contributed by atoms with Gasteiger partial charge in [0.15, 0.2) is 0 Å². The van der Waals surface area contributed by atoms with Crippen LogP contribution in [0.25, 0.3) is 0 Å². The van der Waals surface area contributed by atoms with E-state index in [2.05, 4.69) is 29.4 Å². The molecule has 1 rings (SSSR count). The maximum Gasteiger partial charge on any atom is 0.146 e. The number of aromatic nitrogens is 3. The Balaban J connectivity index is 2.08. The first-order valence-electron chi connectivity index (χ1n) is 7.96. The predicted octanol–water partition coefficient (Wildman–Crippen LogP) is 1.50. The molecule has 1 aromatic heterocycles. The first-order valence-corrected chi connectivity index (χ1v) is 7.96. The van der Waals surface area contributed by atoms with Crippen molar-refractivity contribution >= 4 is 0 Å². The van der Waals surface area contributed by atoms with E-state index in [1.54, 1.807) is 6.33 Å². The number of hydrogen-bond donors (Lipinski definition) is 2. The van der Waals surface area contributed by atoms with Gasteiger partial charge >= 0.3 is 0 Å². The number of nitrogens with one attached hydrogen (secondary N) is 1. The van der Waals surface area contributed by atoms with Gasteiger partial charge in [0, 0.05) is 20.2 Å². The van der Waals surface area contributed by atoms with E-state index in [0.29, 0.717) is 25.6 Å². The number of aliphatic hydroxyl groups excluding tert-OH is 1. The Morgan fingerprint density at radius 3 is 2.81 bits per heavy atom. The fraction of sp³-hybridized carbons (Fsp3) is 0.867. The van der Waals surface area contributed by atoms with Crippen LogP contribution < -0.4 is 5.32 Å². The standard InChI is InChI=1S/C15H30N4O2/c1-4-6-7-13(5-2)10-21-11-14(20)8-16-9-15-18-17-12-19(15)3/h12-14,16,20H,4-11H2,1-3H3. The Morgan fingerprint density at radius 2 is 2.19 bits per heavy atom. The van der Waals surface area contributed by atoms with Crippen LogP contribution in [0.1, 0.15) is 45.4 Å². The molecule has 6 nitrogen and oxygen atoms in total. The normalized spacial score (nSPS) is 14.3. The Labute approximate surface area is 127 Å². The molecule has 0 fully saturated rings. The zero-order chi connectivity index (χ0) is 15.5. The molecule has 2 N–H and O–H groups in total. The van der Waals surface area contributed by atoms with Gasteiger partial charge in [-0.3, -0.25) is 0 Å². The van der Waals surface area contributed by atoms with E-state index in [1.165, 1.54) is 19.3 Å². The van der Waals surface area contributed by atoms with Crippen molar-refractivity contribution in [1.82, 2.24) is 20.1 Å². The van der Waals surface area contributed by atoms with E-state index in [4.69, 9.17) is 4.74 Å². The van der Waals surface area contributed by atoms with Crippen molar-refractivity contribution in [3.63, 3.8) is 0 Å². The third-order valence-corrected chi connectivity index (χ3v) is 3.68. The molecule has 0 saturated heterocycles. The lowest BCUT2D eigenvalue weighted by atomic mass is 10.0. The van der Waals surface area contributed by atoms with E-state index in [0.717, 1.165) is 18.9 Å². The highest BCUT2D eigenvalue weighted by molar-refractivity contribution is 4.83. The minimum atomic E-state index is -0.484. The molecule has 0 amide bonds. The van der Waals surface area contributed by atoms with Crippen molar-refractivity contribution in [3.05, 3.63) is 12.2 Å². The molecule has 0 radical (unpaired) electrons. The van der Waals surface area contributed by atoms with E-state index >= 15 is 0 Å². The van der Waals surface area contributed by atoms with E-state index in [1.807, 2.05) is 11.6 Å². The number of nitrogens with zero attached hydrogens (tertiary/aromatic N) is 3. The lowest BCUT2D eigenvalue weighted by Gasteiger charge is -2.17. The third-order valence-electron chi connectivity index (χ3n) is 3.68. The van der Waals surface area contributed by atoms with Gasteiger partial charge in [-0.2, -0.15) is 0 Å². The van der Waals surface area contributed by atoms with Gasteiger partial charge in [-0.1, -0.05) is 33.1 Å². The largest absolute Gasteiger partial charge is 0.389 e. The molecule has 6 heteroatoms. The van der Waals surface area contributed by atoms with Crippen LogP contribution in [-0.4, -0.2) is 45.7 Å². The van der Waals surface area contributed by atoms with Crippen LogP contribution in [0, 0.1) is 5.92 Å². The Bertz CT molecular complexity index is 370. The highest BCUT2D eigenvalue weighted by Gasteiger charge is 2.09. The van der Waals surface area contributed by atoms with E-state index in [-0.39, 0.29) is 0 Å². The monoisotopic (exact) mass is 298 g/mol. The molecule has 2 unspecified atom stereocenters. The molecule has 0 aromatic carbocycles. The molecule has 0 spiro atoms. The molecule has 2 atom stereocenters. The van der Waals surface area contributed by atoms with Crippen molar-refractivity contribution in [1.29, 1.82) is 0 Å². The van der Waals surface area contributed by atoms with E-state index in [9.17, 15) is 5.11 Å². The SMILES string of the molecule is CCCCC(CC)COCC(O)CNCc1nncn1C. The summed E-state index contributed by atoms with van der Waals surface area (Å²) >= 11 is 0. The summed E-state index contributed by atoms with van der Waals surface area (Å²) in [5.41, 5.74) is 0. The van der Waals surface area contributed by atoms with Gasteiger partial charge in [0.05, 0.1) is 19.3 Å². The van der Waals surface area contributed by atoms with Gasteiger partial charge in [-0.25, -0.2) is 0 Å². The van der Waals surface area contributed by atoms with Crippen molar-refractivity contribution in [2.24, 2.45) is 13.0 Å². The predicted molar refractivity (Wildman–Crippen MR) is 82.8 cm³/mol. The molecule has 122 valence electrons. The molecule has 0 saturated carbocycles. The smallest absolute Gasteiger partial charge is 0.146 e. The van der Waals surface area contributed by atoms with Gasteiger partial charge in [0.1, 0.15) is 12.2 Å². The maximum absolute atomic E-state index is 9.88. The summed E-state index contributed by atoms with van der Waals surface area (Å²) in [4.78, 5) is 0. The number of rotatable bonds is 12. The van der Waals surface area contributed by atoms with Gasteiger partial charge in [0.2, 0.25) is 0 Å². The Kier molecular flexibility index (Phi) is 9.21. The number of unbranched alkanes of at least 4 members (excludes halogenated alkanes) is 1. The topological polar surface area (TPSA) is 72.2 Å². The molecule has 0 bridgehead atoms.